The fourth-order valence-corrected chi connectivity index (χ4v) is 1.99. The fourth-order valence-electron chi connectivity index (χ4n) is 1.74. The van der Waals surface area contributed by atoms with Crippen LogP contribution in [-0.4, -0.2) is 11.1 Å². The van der Waals surface area contributed by atoms with Gasteiger partial charge in [0.15, 0.2) is 0 Å². The normalized spacial score (nSPS) is 10.3. The first-order chi connectivity index (χ1) is 9.47. The number of aryl methyl sites for hydroxylation is 1. The number of carboxylic acid groups (broad SMARTS) is 1. The lowest BCUT2D eigenvalue weighted by Crippen LogP contribution is -2.06. The second kappa shape index (κ2) is 6.05. The lowest BCUT2D eigenvalue weighted by molar-refractivity contribution is 0.0693. The van der Waals surface area contributed by atoms with Gasteiger partial charge in [-0.2, -0.15) is 0 Å². The highest BCUT2D eigenvalue weighted by Gasteiger charge is 2.12. The molecule has 0 amide bonds. The van der Waals surface area contributed by atoms with Crippen molar-refractivity contribution >= 4 is 21.9 Å². The molecule has 0 unspecified atom stereocenters. The quantitative estimate of drug-likeness (QED) is 0.909. The van der Waals surface area contributed by atoms with Gasteiger partial charge in [-0.25, -0.2) is 9.18 Å². The van der Waals surface area contributed by atoms with Crippen molar-refractivity contribution in [2.24, 2.45) is 0 Å². The topological polar surface area (TPSA) is 46.5 Å². The average molecular weight is 339 g/mol. The lowest BCUT2D eigenvalue weighted by atomic mass is 10.1. The number of carboxylic acids is 1. The second-order valence-corrected chi connectivity index (χ2v) is 5.16. The van der Waals surface area contributed by atoms with Gasteiger partial charge in [-0.15, -0.1) is 0 Å². The molecule has 1 N–H and O–H groups in total. The molecule has 104 valence electrons. The summed E-state index contributed by atoms with van der Waals surface area (Å²) in [7, 11) is 0. The van der Waals surface area contributed by atoms with Crippen molar-refractivity contribution in [1.82, 2.24) is 0 Å². The average Bonchev–Trinajstić information content (AvgIpc) is 2.41. The Morgan fingerprint density at radius 1 is 1.30 bits per heavy atom. The Morgan fingerprint density at radius 2 is 2.05 bits per heavy atom. The Morgan fingerprint density at radius 3 is 2.70 bits per heavy atom. The Balaban J connectivity index is 2.18. The minimum absolute atomic E-state index is 0.0724. The van der Waals surface area contributed by atoms with Gasteiger partial charge in [0.05, 0.1) is 5.56 Å². The Kier molecular flexibility index (Phi) is 4.39. The van der Waals surface area contributed by atoms with Crippen molar-refractivity contribution in [3.05, 3.63) is 63.4 Å². The molecular formula is C15H12BrFO3. The first kappa shape index (κ1) is 14.5. The van der Waals surface area contributed by atoms with Gasteiger partial charge >= 0.3 is 5.97 Å². The third-order valence-corrected chi connectivity index (χ3v) is 3.72. The highest BCUT2D eigenvalue weighted by molar-refractivity contribution is 9.10. The van der Waals surface area contributed by atoms with Crippen LogP contribution < -0.4 is 4.74 Å². The van der Waals surface area contributed by atoms with Crippen LogP contribution in [0.4, 0.5) is 4.39 Å². The van der Waals surface area contributed by atoms with Crippen LogP contribution in [-0.2, 0) is 6.61 Å². The van der Waals surface area contributed by atoms with E-state index in [4.69, 9.17) is 9.84 Å². The zero-order valence-corrected chi connectivity index (χ0v) is 12.3. The SMILES string of the molecule is Cc1cc(OCc2ccc(F)cc2C(=O)O)ccc1Br. The minimum atomic E-state index is -1.17. The van der Waals surface area contributed by atoms with E-state index in [0.29, 0.717) is 11.3 Å². The lowest BCUT2D eigenvalue weighted by Gasteiger charge is -2.10. The molecular weight excluding hydrogens is 327 g/mol. The van der Waals surface area contributed by atoms with E-state index in [1.165, 1.54) is 12.1 Å². The smallest absolute Gasteiger partial charge is 0.336 e. The summed E-state index contributed by atoms with van der Waals surface area (Å²) in [6.45, 7) is 2.00. The molecule has 0 aliphatic heterocycles. The third-order valence-electron chi connectivity index (χ3n) is 2.83. The van der Waals surface area contributed by atoms with Gasteiger partial charge in [-0.05, 0) is 42.8 Å². The first-order valence-electron chi connectivity index (χ1n) is 5.88. The van der Waals surface area contributed by atoms with E-state index in [0.717, 1.165) is 16.1 Å². The summed E-state index contributed by atoms with van der Waals surface area (Å²) in [5, 5.41) is 9.04. The molecule has 2 rings (SSSR count). The minimum Gasteiger partial charge on any atom is -0.489 e. The summed E-state index contributed by atoms with van der Waals surface area (Å²) in [6.07, 6.45) is 0. The molecule has 3 nitrogen and oxygen atoms in total. The van der Waals surface area contributed by atoms with Gasteiger partial charge in [0, 0.05) is 10.0 Å². The molecule has 0 fully saturated rings. The molecule has 2 aromatic rings. The van der Waals surface area contributed by atoms with Crippen LogP contribution in [0.15, 0.2) is 40.9 Å². The number of aromatic carboxylic acids is 1. The molecule has 0 spiro atoms. The van der Waals surface area contributed by atoms with Crippen molar-refractivity contribution < 1.29 is 19.0 Å². The maximum atomic E-state index is 13.1. The van der Waals surface area contributed by atoms with E-state index in [1.807, 2.05) is 19.1 Å². The zero-order valence-electron chi connectivity index (χ0n) is 10.7. The number of benzene rings is 2. The van der Waals surface area contributed by atoms with Gasteiger partial charge in [-0.3, -0.25) is 0 Å². The standard InChI is InChI=1S/C15H12BrFO3/c1-9-6-12(4-5-14(9)16)20-8-10-2-3-11(17)7-13(10)15(18)19/h2-7H,8H2,1H3,(H,18,19). The van der Waals surface area contributed by atoms with Gasteiger partial charge in [-0.1, -0.05) is 22.0 Å². The predicted molar refractivity (Wildman–Crippen MR) is 76.6 cm³/mol. The summed E-state index contributed by atoms with van der Waals surface area (Å²) in [4.78, 5) is 11.1. The summed E-state index contributed by atoms with van der Waals surface area (Å²) in [6, 6.07) is 9.11. The highest BCUT2D eigenvalue weighted by Crippen LogP contribution is 2.23. The Hall–Kier alpha value is -1.88. The van der Waals surface area contributed by atoms with Crippen LogP contribution in [0.2, 0.25) is 0 Å². The van der Waals surface area contributed by atoms with Gasteiger partial charge < -0.3 is 9.84 Å². The van der Waals surface area contributed by atoms with Crippen molar-refractivity contribution in [3.8, 4) is 5.75 Å². The molecule has 20 heavy (non-hydrogen) atoms. The number of hydrogen-bond donors (Lipinski definition) is 1. The second-order valence-electron chi connectivity index (χ2n) is 4.31. The predicted octanol–water partition coefficient (Wildman–Crippen LogP) is 4.17. The molecule has 0 bridgehead atoms. The summed E-state index contributed by atoms with van der Waals surface area (Å²) in [5.74, 6) is -1.12. The van der Waals surface area contributed by atoms with E-state index in [-0.39, 0.29) is 12.2 Å². The van der Waals surface area contributed by atoms with Crippen LogP contribution in [0.25, 0.3) is 0 Å². The van der Waals surface area contributed by atoms with Crippen LogP contribution in [0.1, 0.15) is 21.5 Å². The Bertz CT molecular complexity index is 656. The van der Waals surface area contributed by atoms with E-state index in [1.54, 1.807) is 6.07 Å². The third kappa shape index (κ3) is 3.36. The van der Waals surface area contributed by atoms with Crippen molar-refractivity contribution in [3.63, 3.8) is 0 Å². The number of rotatable bonds is 4. The largest absolute Gasteiger partial charge is 0.489 e. The van der Waals surface area contributed by atoms with E-state index < -0.39 is 11.8 Å². The summed E-state index contributed by atoms with van der Waals surface area (Å²) in [5.41, 5.74) is 1.36. The van der Waals surface area contributed by atoms with Gasteiger partial charge in [0.2, 0.25) is 0 Å². The molecule has 0 heterocycles. The molecule has 5 heteroatoms. The molecule has 0 aliphatic rings. The molecule has 0 atom stereocenters. The molecule has 0 aromatic heterocycles. The van der Waals surface area contributed by atoms with Gasteiger partial charge in [0.1, 0.15) is 18.2 Å². The fraction of sp³-hybridized carbons (Fsp3) is 0.133. The van der Waals surface area contributed by atoms with E-state index >= 15 is 0 Å². The van der Waals surface area contributed by atoms with E-state index in [2.05, 4.69) is 15.9 Å². The number of ether oxygens (including phenoxy) is 1. The molecule has 0 saturated heterocycles. The first-order valence-corrected chi connectivity index (χ1v) is 6.67. The number of hydrogen-bond acceptors (Lipinski definition) is 2. The van der Waals surface area contributed by atoms with E-state index in [9.17, 15) is 9.18 Å². The van der Waals surface area contributed by atoms with Gasteiger partial charge in [0.25, 0.3) is 0 Å². The maximum Gasteiger partial charge on any atom is 0.336 e. The van der Waals surface area contributed by atoms with Crippen molar-refractivity contribution in [1.29, 1.82) is 0 Å². The monoisotopic (exact) mass is 338 g/mol. The van der Waals surface area contributed by atoms with Crippen LogP contribution in [0, 0.1) is 12.7 Å². The van der Waals surface area contributed by atoms with Crippen molar-refractivity contribution in [2.75, 3.05) is 0 Å². The number of carbonyl (C=O) groups is 1. The van der Waals surface area contributed by atoms with Crippen LogP contribution in [0.3, 0.4) is 0 Å². The number of halogens is 2. The summed E-state index contributed by atoms with van der Waals surface area (Å²) >= 11 is 3.39. The van der Waals surface area contributed by atoms with Crippen molar-refractivity contribution in [2.45, 2.75) is 13.5 Å². The van der Waals surface area contributed by atoms with Crippen LogP contribution >= 0.6 is 15.9 Å². The Labute approximate surface area is 124 Å². The molecule has 0 aliphatic carbocycles. The molecule has 2 aromatic carbocycles. The molecule has 0 radical (unpaired) electrons. The summed E-state index contributed by atoms with van der Waals surface area (Å²) < 4.78 is 19.6. The maximum absolute atomic E-state index is 13.1. The molecule has 0 saturated carbocycles. The zero-order chi connectivity index (χ0) is 14.7. The highest BCUT2D eigenvalue weighted by atomic mass is 79.9. The van der Waals surface area contributed by atoms with Crippen LogP contribution in [0.5, 0.6) is 5.75 Å².